The highest BCUT2D eigenvalue weighted by Crippen LogP contribution is 2.51. The van der Waals surface area contributed by atoms with Crippen LogP contribution < -0.4 is 4.90 Å². The van der Waals surface area contributed by atoms with Crippen molar-refractivity contribution in [2.24, 2.45) is 5.92 Å². The zero-order valence-electron chi connectivity index (χ0n) is 15.2. The Morgan fingerprint density at radius 3 is 2.32 bits per heavy atom. The molecule has 0 aromatic heterocycles. The molecule has 1 aromatic carbocycles. The van der Waals surface area contributed by atoms with Crippen LogP contribution in [0.25, 0.3) is 0 Å². The van der Waals surface area contributed by atoms with Gasteiger partial charge in [0.1, 0.15) is 0 Å². The molecule has 0 aliphatic carbocycles. The molecule has 1 aromatic rings. The van der Waals surface area contributed by atoms with Crippen molar-refractivity contribution in [3.63, 3.8) is 0 Å². The lowest BCUT2D eigenvalue weighted by Crippen LogP contribution is -2.58. The normalized spacial score (nSPS) is 16.7. The lowest BCUT2D eigenvalue weighted by atomic mass is 9.86. The van der Waals surface area contributed by atoms with Crippen LogP contribution in [0.1, 0.15) is 20.3 Å². The summed E-state index contributed by atoms with van der Waals surface area (Å²) in [7, 11) is -0.188. The number of carbonyl (C=O) groups is 1. The molecule has 0 bridgehead atoms. The monoisotopic (exact) mass is 379 g/mol. The Morgan fingerprint density at radius 1 is 1.32 bits per heavy atom. The number of hydrogen-bond acceptors (Lipinski definition) is 1. The summed E-state index contributed by atoms with van der Waals surface area (Å²) >= 11 is 0. The molecule has 0 aliphatic heterocycles. The van der Waals surface area contributed by atoms with Gasteiger partial charge >= 0.3 is 6.18 Å². The van der Waals surface area contributed by atoms with E-state index in [1.54, 1.807) is 17.5 Å². The van der Waals surface area contributed by atoms with E-state index in [-0.39, 0.29) is 12.1 Å². The molecule has 0 saturated heterocycles. The topological polar surface area (TPSA) is 20.3 Å². The summed E-state index contributed by atoms with van der Waals surface area (Å²) in [5.41, 5.74) is -3.70. The highest BCUT2D eigenvalue weighted by atomic mass is 32.3. The zero-order chi connectivity index (χ0) is 19.6. The number of halogens is 4. The Hall–Kier alpha value is -1.50. The third-order valence-corrected chi connectivity index (χ3v) is 6.85. The molecular weight excluding hydrogens is 354 g/mol. The van der Waals surface area contributed by atoms with Gasteiger partial charge in [0.25, 0.3) is 11.6 Å². The minimum Gasteiger partial charge on any atom is -0.312 e. The molecule has 0 N–H and O–H groups in total. The first-order valence-electron chi connectivity index (χ1n) is 7.82. The second-order valence-corrected chi connectivity index (χ2v) is 10.1. The largest absolute Gasteiger partial charge is 0.431 e. The Bertz CT molecular complexity index is 644. The van der Waals surface area contributed by atoms with Crippen molar-refractivity contribution < 1.29 is 22.4 Å². The molecule has 1 amide bonds. The minimum absolute atomic E-state index is 0.108. The van der Waals surface area contributed by atoms with E-state index in [2.05, 4.69) is 6.58 Å². The predicted molar refractivity (Wildman–Crippen MR) is 97.1 cm³/mol. The van der Waals surface area contributed by atoms with E-state index in [1.807, 2.05) is 18.6 Å². The number of rotatable bonds is 6. The smallest absolute Gasteiger partial charge is 0.312 e. The third kappa shape index (κ3) is 4.02. The van der Waals surface area contributed by atoms with E-state index in [9.17, 15) is 22.4 Å². The Kier molecular flexibility index (Phi) is 6.37. The quantitative estimate of drug-likeness (QED) is 0.595. The van der Waals surface area contributed by atoms with Gasteiger partial charge in [-0.25, -0.2) is 14.4 Å². The van der Waals surface area contributed by atoms with Crippen LogP contribution in [0.5, 0.6) is 0 Å². The predicted octanol–water partition coefficient (Wildman–Crippen LogP) is 5.53. The van der Waals surface area contributed by atoms with Gasteiger partial charge in [-0.05, 0) is 42.0 Å². The molecule has 7 heteroatoms. The molecule has 25 heavy (non-hydrogen) atoms. The van der Waals surface area contributed by atoms with Crippen molar-refractivity contribution in [3.8, 4) is 0 Å². The van der Waals surface area contributed by atoms with Gasteiger partial charge in [-0.1, -0.05) is 31.9 Å². The second kappa shape index (κ2) is 7.40. The van der Waals surface area contributed by atoms with Gasteiger partial charge in [0.05, 0.1) is 0 Å². The maximum atomic E-state index is 14.9. The van der Waals surface area contributed by atoms with Crippen LogP contribution in [0.4, 0.5) is 23.2 Å². The molecule has 0 saturated carbocycles. The van der Waals surface area contributed by atoms with Crippen LogP contribution in [-0.4, -0.2) is 37.3 Å². The summed E-state index contributed by atoms with van der Waals surface area (Å²) in [6.45, 7) is 6.29. The maximum Gasteiger partial charge on any atom is 0.431 e. The van der Waals surface area contributed by atoms with E-state index in [0.29, 0.717) is 0 Å². The van der Waals surface area contributed by atoms with E-state index in [0.717, 1.165) is 16.7 Å². The second-order valence-electron chi connectivity index (χ2n) is 6.45. The number of amides is 1. The highest BCUT2D eigenvalue weighted by Gasteiger charge is 2.65. The third-order valence-electron chi connectivity index (χ3n) is 4.55. The molecule has 142 valence electrons. The first-order valence-corrected chi connectivity index (χ1v) is 10.3. The number of carbonyl (C=O) groups excluding carboxylic acids is 1. The molecule has 0 radical (unpaired) electrons. The van der Waals surface area contributed by atoms with Crippen molar-refractivity contribution in [3.05, 3.63) is 36.3 Å². The number of nitrogens with zero attached hydrogens (tertiary/aromatic N) is 1. The molecule has 2 unspecified atom stereocenters. The highest BCUT2D eigenvalue weighted by molar-refractivity contribution is 8.35. The number of anilines is 1. The average molecular weight is 379 g/mol. The molecule has 2 atom stereocenters. The van der Waals surface area contributed by atoms with Crippen molar-refractivity contribution in [1.82, 2.24) is 0 Å². The fourth-order valence-electron chi connectivity index (χ4n) is 2.37. The molecule has 0 heterocycles. The van der Waals surface area contributed by atoms with Crippen molar-refractivity contribution in [1.29, 1.82) is 0 Å². The fourth-order valence-corrected chi connectivity index (χ4v) is 3.42. The van der Waals surface area contributed by atoms with Crippen LogP contribution in [0.15, 0.2) is 41.1 Å². The molecule has 0 spiro atoms. The van der Waals surface area contributed by atoms with Gasteiger partial charge in [0, 0.05) is 18.7 Å². The van der Waals surface area contributed by atoms with E-state index < -0.39 is 33.7 Å². The van der Waals surface area contributed by atoms with Crippen LogP contribution >= 0.6 is 10.0 Å². The van der Waals surface area contributed by atoms with E-state index in [4.69, 9.17) is 0 Å². The molecule has 0 fully saturated rings. The van der Waals surface area contributed by atoms with Crippen LogP contribution in [0, 0.1) is 5.92 Å². The maximum absolute atomic E-state index is 14.9. The van der Waals surface area contributed by atoms with E-state index >= 15 is 0 Å². The molecule has 1 rings (SSSR count). The standard InChI is InChI=1S/C18H25F4NOS/c1-7-13(3)17(19,18(20,21)22)16(24)23(4)14-10-9-11-15(12-14)25(5,6)8-2/h8-13H,2,7H2,1,3-6H3. The van der Waals surface area contributed by atoms with Gasteiger partial charge in [-0.15, -0.1) is 0 Å². The number of alkyl halides is 4. The van der Waals surface area contributed by atoms with Gasteiger partial charge in [-0.3, -0.25) is 4.79 Å². The van der Waals surface area contributed by atoms with Gasteiger partial charge in [-0.2, -0.15) is 13.2 Å². The van der Waals surface area contributed by atoms with Crippen LogP contribution in [-0.2, 0) is 4.79 Å². The van der Waals surface area contributed by atoms with Gasteiger partial charge in [0.2, 0.25) is 0 Å². The zero-order valence-corrected chi connectivity index (χ0v) is 16.0. The van der Waals surface area contributed by atoms with Crippen molar-refractivity contribution in [2.75, 3.05) is 24.5 Å². The van der Waals surface area contributed by atoms with Gasteiger partial charge < -0.3 is 4.90 Å². The lowest BCUT2D eigenvalue weighted by Gasteiger charge is -2.35. The first-order chi connectivity index (χ1) is 11.3. The van der Waals surface area contributed by atoms with Gasteiger partial charge in [0.15, 0.2) is 0 Å². The summed E-state index contributed by atoms with van der Waals surface area (Å²) in [6, 6.07) is 6.57. The summed E-state index contributed by atoms with van der Waals surface area (Å²) in [4.78, 5) is 14.1. The SMILES string of the molecule is C=CS(C)(C)c1cccc(N(C)C(=O)C(F)(C(C)CC)C(F)(F)F)c1. The van der Waals surface area contributed by atoms with Crippen molar-refractivity contribution >= 4 is 21.6 Å². The fraction of sp³-hybridized carbons (Fsp3) is 0.500. The minimum atomic E-state index is -5.28. The Labute approximate surface area is 148 Å². The number of benzene rings is 1. The Balaban J connectivity index is 3.34. The summed E-state index contributed by atoms with van der Waals surface area (Å²) < 4.78 is 55.0. The molecule has 2 nitrogen and oxygen atoms in total. The summed E-state index contributed by atoms with van der Waals surface area (Å²) in [6.07, 6.45) is -1.45. The van der Waals surface area contributed by atoms with E-state index in [1.165, 1.54) is 20.0 Å². The first kappa shape index (κ1) is 21.5. The van der Waals surface area contributed by atoms with Crippen LogP contribution in [0.2, 0.25) is 0 Å². The summed E-state index contributed by atoms with van der Waals surface area (Å²) in [5, 5.41) is 1.78. The molecular formula is C18H25F4NOS. The Morgan fingerprint density at radius 2 is 1.88 bits per heavy atom. The lowest BCUT2D eigenvalue weighted by molar-refractivity contribution is -0.239. The number of hydrogen-bond donors (Lipinski definition) is 0. The molecule has 0 aliphatic rings. The van der Waals surface area contributed by atoms with Crippen LogP contribution in [0.3, 0.4) is 0 Å². The summed E-state index contributed by atoms with van der Waals surface area (Å²) in [5.74, 6) is -3.08. The van der Waals surface area contributed by atoms with Crippen molar-refractivity contribution in [2.45, 2.75) is 37.0 Å². The average Bonchev–Trinajstić information content (AvgIpc) is 2.57.